The second kappa shape index (κ2) is 23.9. The summed E-state index contributed by atoms with van der Waals surface area (Å²) in [5.74, 6) is -9.61. The summed E-state index contributed by atoms with van der Waals surface area (Å²) in [6.07, 6.45) is -27.2. The van der Waals surface area contributed by atoms with Crippen molar-refractivity contribution >= 4 is 59.7 Å². The summed E-state index contributed by atoms with van der Waals surface area (Å²) in [5, 5.41) is 10.9. The number of carbonyl (C=O) groups is 10. The highest BCUT2D eigenvalue weighted by molar-refractivity contribution is 5.70. The van der Waals surface area contributed by atoms with Crippen molar-refractivity contribution in [3.8, 4) is 0 Å². The smallest absolute Gasteiger partial charge is 0.303 e. The highest BCUT2D eigenvalue weighted by atomic mass is 16.8. The molecule has 3 heterocycles. The Hall–Kier alpha value is -5.54. The first-order valence-electron chi connectivity index (χ1n) is 19.4. The Kier molecular flexibility index (Phi) is 19.8. The summed E-state index contributed by atoms with van der Waals surface area (Å²) >= 11 is 0. The molecular weight excluding hydrogens is 872 g/mol. The van der Waals surface area contributed by atoms with Crippen molar-refractivity contribution in [2.45, 2.75) is 161 Å². The van der Waals surface area contributed by atoms with Crippen LogP contribution in [0.15, 0.2) is 0 Å². The summed E-state index contributed by atoms with van der Waals surface area (Å²) in [4.78, 5) is 124. The van der Waals surface area contributed by atoms with Crippen LogP contribution in [-0.2, 0) is 119 Å². The summed E-state index contributed by atoms with van der Waals surface area (Å²) < 4.78 is 84.2. The van der Waals surface area contributed by atoms with Crippen LogP contribution in [0.5, 0.6) is 0 Å². The number of esters is 10. The van der Waals surface area contributed by atoms with Crippen LogP contribution in [-0.4, -0.2) is 177 Å². The number of ether oxygens (including phenoxy) is 15. The molecule has 1 unspecified atom stereocenters. The van der Waals surface area contributed by atoms with Gasteiger partial charge < -0.3 is 76.2 Å². The lowest BCUT2D eigenvalue weighted by molar-refractivity contribution is -0.378. The van der Waals surface area contributed by atoms with Gasteiger partial charge in [0.2, 0.25) is 0 Å². The molecular formula is C38H52O26. The SMILES string of the molecule is CC(=O)OC[C@H]1O[C@H](O[C@H]2[C@H](OC(C)=O)[C@@H](OC(C)=O)[C@@H](O[C@H]3[C@H](OC(C)=O)[C@@H](OC(C)=O)C(O)O[C@@H]3COC(C)=O)O[C@@H]2COC(C)=O)[C@H](OC(C)=O)[C@@H](OC(C)=O)[C@@H]1OC(C)=O. The van der Waals surface area contributed by atoms with E-state index in [1.54, 1.807) is 0 Å². The fraction of sp³-hybridized carbons (Fsp3) is 0.737. The minimum absolute atomic E-state index is 0.681. The third-order valence-corrected chi connectivity index (χ3v) is 8.84. The number of hydrogen-bond donors (Lipinski definition) is 1. The lowest BCUT2D eigenvalue weighted by Gasteiger charge is -2.50. The van der Waals surface area contributed by atoms with Crippen molar-refractivity contribution in [3.63, 3.8) is 0 Å². The highest BCUT2D eigenvalue weighted by Crippen LogP contribution is 2.38. The molecule has 0 aromatic rings. The zero-order valence-electron chi connectivity index (χ0n) is 36.4. The zero-order chi connectivity index (χ0) is 48.2. The van der Waals surface area contributed by atoms with E-state index >= 15 is 0 Å². The maximum Gasteiger partial charge on any atom is 0.303 e. The first-order valence-corrected chi connectivity index (χ1v) is 19.4. The number of carbonyl (C=O) groups excluding carboxylic acids is 10. The van der Waals surface area contributed by atoms with Crippen LogP contribution in [0.25, 0.3) is 0 Å². The van der Waals surface area contributed by atoms with E-state index in [4.69, 9.17) is 71.1 Å². The lowest BCUT2D eigenvalue weighted by Crippen LogP contribution is -2.68. The van der Waals surface area contributed by atoms with Gasteiger partial charge in [0.05, 0.1) is 0 Å². The molecule has 15 atom stereocenters. The van der Waals surface area contributed by atoms with E-state index < -0.39 is 172 Å². The van der Waals surface area contributed by atoms with Crippen molar-refractivity contribution in [2.75, 3.05) is 19.8 Å². The molecule has 26 nitrogen and oxygen atoms in total. The molecule has 64 heavy (non-hydrogen) atoms. The summed E-state index contributed by atoms with van der Waals surface area (Å²) in [7, 11) is 0. The van der Waals surface area contributed by atoms with Crippen LogP contribution in [0.2, 0.25) is 0 Å². The van der Waals surface area contributed by atoms with E-state index in [-0.39, 0.29) is 0 Å². The van der Waals surface area contributed by atoms with Crippen LogP contribution >= 0.6 is 0 Å². The average Bonchev–Trinajstić information content (AvgIpc) is 3.15. The molecule has 0 amide bonds. The van der Waals surface area contributed by atoms with Gasteiger partial charge in [0.1, 0.15) is 50.3 Å². The van der Waals surface area contributed by atoms with E-state index in [1.165, 1.54) is 0 Å². The number of hydrogen-bond acceptors (Lipinski definition) is 26. The van der Waals surface area contributed by atoms with Gasteiger partial charge in [0.25, 0.3) is 0 Å². The van der Waals surface area contributed by atoms with Crippen molar-refractivity contribution in [1.82, 2.24) is 0 Å². The first-order chi connectivity index (χ1) is 29.9. The van der Waals surface area contributed by atoms with Crippen LogP contribution in [0.3, 0.4) is 0 Å². The molecule has 0 radical (unpaired) electrons. The largest absolute Gasteiger partial charge is 0.463 e. The molecule has 0 aromatic heterocycles. The zero-order valence-corrected chi connectivity index (χ0v) is 36.4. The third kappa shape index (κ3) is 15.6. The van der Waals surface area contributed by atoms with Crippen LogP contribution in [0, 0.1) is 0 Å². The molecule has 360 valence electrons. The van der Waals surface area contributed by atoms with E-state index in [0.717, 1.165) is 69.2 Å². The Labute approximate surface area is 364 Å². The molecule has 3 aliphatic rings. The topological polar surface area (TPSA) is 329 Å². The first kappa shape index (κ1) is 52.8. The van der Waals surface area contributed by atoms with Crippen LogP contribution < -0.4 is 0 Å². The molecule has 3 fully saturated rings. The molecule has 1 N–H and O–H groups in total. The van der Waals surface area contributed by atoms with E-state index in [9.17, 15) is 53.1 Å². The normalized spacial score (nSPS) is 32.3. The van der Waals surface area contributed by atoms with Gasteiger partial charge in [-0.05, 0) is 0 Å². The number of aliphatic hydroxyl groups excluding tert-OH is 1. The van der Waals surface area contributed by atoms with Crippen molar-refractivity contribution in [2.24, 2.45) is 0 Å². The van der Waals surface area contributed by atoms with Crippen molar-refractivity contribution < 1.29 is 124 Å². The Balaban J connectivity index is 2.28. The Morgan fingerprint density at radius 2 is 0.578 bits per heavy atom. The molecule has 0 spiro atoms. The number of aliphatic hydroxyl groups is 1. The molecule has 0 saturated carbocycles. The van der Waals surface area contributed by atoms with Gasteiger partial charge in [-0.3, -0.25) is 47.9 Å². The Morgan fingerprint density at radius 1 is 0.328 bits per heavy atom. The van der Waals surface area contributed by atoms with E-state index in [0.29, 0.717) is 0 Å². The van der Waals surface area contributed by atoms with E-state index in [2.05, 4.69) is 0 Å². The minimum Gasteiger partial charge on any atom is -0.463 e. The second-order valence-corrected chi connectivity index (χ2v) is 14.3. The molecule has 0 aliphatic carbocycles. The molecule has 3 rings (SSSR count). The molecule has 0 bridgehead atoms. The van der Waals surface area contributed by atoms with E-state index in [1.807, 2.05) is 0 Å². The van der Waals surface area contributed by atoms with Crippen molar-refractivity contribution in [3.05, 3.63) is 0 Å². The predicted molar refractivity (Wildman–Crippen MR) is 197 cm³/mol. The lowest BCUT2D eigenvalue weighted by atomic mass is 9.95. The van der Waals surface area contributed by atoms with Gasteiger partial charge >= 0.3 is 59.7 Å². The van der Waals surface area contributed by atoms with Gasteiger partial charge in [-0.2, -0.15) is 0 Å². The summed E-state index contributed by atoms with van der Waals surface area (Å²) in [6.45, 7) is 7.65. The maximum absolute atomic E-state index is 12.9. The fourth-order valence-corrected chi connectivity index (χ4v) is 6.77. The molecule has 0 aromatic carbocycles. The van der Waals surface area contributed by atoms with Gasteiger partial charge in [-0.25, -0.2) is 0 Å². The van der Waals surface area contributed by atoms with Crippen LogP contribution in [0.1, 0.15) is 69.2 Å². The Bertz CT molecular complexity index is 1730. The third-order valence-electron chi connectivity index (χ3n) is 8.84. The fourth-order valence-electron chi connectivity index (χ4n) is 6.77. The Morgan fingerprint density at radius 3 is 0.906 bits per heavy atom. The minimum atomic E-state index is -2.02. The quantitative estimate of drug-likeness (QED) is 0.123. The average molecular weight is 925 g/mol. The van der Waals surface area contributed by atoms with Crippen LogP contribution in [0.4, 0.5) is 0 Å². The standard InChI is InChI=1S/C38H52O26/c1-14(39)50-11-24-28(30(54-18(5)43)33(36(49)60-24)57-21(8)46)63-38-35(59-23(10)48)32(56-20(7)45)29(26(62-38)13-52-16(3)41)64-37-34(58-22(9)47)31(55-19(6)44)27(53-17(4)42)25(61-37)12-51-15(2)40/h24-38,49H,11-13H2,1-10H3/t24-,25-,26-,27-,28-,29-,30+,31+,32+,33-,34-,35-,36?,37-,38-/m1/s1. The predicted octanol–water partition coefficient (Wildman–Crippen LogP) is -1.86. The van der Waals surface area contributed by atoms with Gasteiger partial charge in [0.15, 0.2) is 61.6 Å². The van der Waals surface area contributed by atoms with Gasteiger partial charge in [-0.15, -0.1) is 0 Å². The van der Waals surface area contributed by atoms with Gasteiger partial charge in [-0.1, -0.05) is 0 Å². The molecule has 26 heteroatoms. The highest BCUT2D eigenvalue weighted by Gasteiger charge is 2.59. The number of rotatable bonds is 17. The second-order valence-electron chi connectivity index (χ2n) is 14.3. The summed E-state index contributed by atoms with van der Waals surface area (Å²) in [5.41, 5.74) is 0. The monoisotopic (exact) mass is 924 g/mol. The maximum atomic E-state index is 12.9. The molecule has 3 saturated heterocycles. The molecule has 3 aliphatic heterocycles. The van der Waals surface area contributed by atoms with Gasteiger partial charge in [0, 0.05) is 69.2 Å². The summed E-state index contributed by atoms with van der Waals surface area (Å²) in [6, 6.07) is 0. The van der Waals surface area contributed by atoms with Crippen molar-refractivity contribution in [1.29, 1.82) is 0 Å².